The fourth-order valence-electron chi connectivity index (χ4n) is 1.75. The zero-order chi connectivity index (χ0) is 15.6. The first-order chi connectivity index (χ1) is 10.0. The van der Waals surface area contributed by atoms with Crippen molar-refractivity contribution in [2.45, 2.75) is 5.16 Å². The molecule has 0 atom stereocenters. The molecule has 0 radical (unpaired) electrons. The van der Waals surface area contributed by atoms with Crippen molar-refractivity contribution in [3.05, 3.63) is 39.7 Å². The van der Waals surface area contributed by atoms with Gasteiger partial charge in [-0.25, -0.2) is 13.8 Å². The molecule has 2 rings (SSSR count). The minimum absolute atomic E-state index is 0.151. The smallest absolute Gasteiger partial charge is 0.270 e. The van der Waals surface area contributed by atoms with Crippen LogP contribution in [0.15, 0.2) is 22.1 Å². The molecule has 1 N–H and O–H groups in total. The Morgan fingerprint density at radius 2 is 2.14 bits per heavy atom. The number of nitrogens with one attached hydrogen (secondary N) is 1. The van der Waals surface area contributed by atoms with Gasteiger partial charge < -0.3 is 9.72 Å². The highest BCUT2D eigenvalue weighted by molar-refractivity contribution is 7.98. The Hall–Kier alpha value is -2.40. The molecule has 0 amide bonds. The quantitative estimate of drug-likeness (QED) is 0.695. The summed E-state index contributed by atoms with van der Waals surface area (Å²) in [6, 6.07) is 3.77. The molecule has 21 heavy (non-hydrogen) atoms. The Morgan fingerprint density at radius 1 is 1.43 bits per heavy atom. The van der Waals surface area contributed by atoms with E-state index in [-0.39, 0.29) is 22.0 Å². The van der Waals surface area contributed by atoms with Gasteiger partial charge in [0.15, 0.2) is 22.5 Å². The van der Waals surface area contributed by atoms with Gasteiger partial charge in [-0.1, -0.05) is 11.8 Å². The summed E-state index contributed by atoms with van der Waals surface area (Å²) in [7, 11) is 1.12. The van der Waals surface area contributed by atoms with Crippen molar-refractivity contribution in [2.24, 2.45) is 0 Å². The van der Waals surface area contributed by atoms with Crippen molar-refractivity contribution in [3.8, 4) is 23.1 Å². The van der Waals surface area contributed by atoms with E-state index >= 15 is 0 Å². The predicted molar refractivity (Wildman–Crippen MR) is 73.3 cm³/mol. The van der Waals surface area contributed by atoms with Gasteiger partial charge >= 0.3 is 0 Å². The first-order valence-corrected chi connectivity index (χ1v) is 6.86. The van der Waals surface area contributed by atoms with E-state index in [1.165, 1.54) is 0 Å². The third-order valence-electron chi connectivity index (χ3n) is 2.71. The van der Waals surface area contributed by atoms with Crippen LogP contribution >= 0.6 is 11.8 Å². The number of nitrogens with zero attached hydrogens (tertiary/aromatic N) is 2. The number of H-pyrrole nitrogens is 1. The third kappa shape index (κ3) is 2.60. The molecule has 2 aromatic rings. The van der Waals surface area contributed by atoms with Gasteiger partial charge in [0, 0.05) is 5.56 Å². The van der Waals surface area contributed by atoms with Crippen LogP contribution in [0.2, 0.25) is 0 Å². The number of aromatic amines is 1. The summed E-state index contributed by atoms with van der Waals surface area (Å²) in [6.07, 6.45) is 1.66. The maximum absolute atomic E-state index is 14.3. The molecule has 8 heteroatoms. The number of ether oxygens (including phenoxy) is 1. The Morgan fingerprint density at radius 3 is 2.71 bits per heavy atom. The largest absolute Gasteiger partial charge is 0.491 e. The molecule has 0 spiro atoms. The zero-order valence-electron chi connectivity index (χ0n) is 11.0. The fraction of sp³-hybridized carbons (Fsp3) is 0.154. The number of halogens is 2. The maximum atomic E-state index is 14.3. The number of nitriles is 1. The highest BCUT2D eigenvalue weighted by Crippen LogP contribution is 2.31. The van der Waals surface area contributed by atoms with E-state index in [9.17, 15) is 13.6 Å². The number of aromatic nitrogens is 2. The van der Waals surface area contributed by atoms with Crippen molar-refractivity contribution < 1.29 is 13.5 Å². The Kier molecular flexibility index (Phi) is 4.23. The second-order valence-corrected chi connectivity index (χ2v) is 4.65. The normalized spacial score (nSPS) is 10.2. The fourth-order valence-corrected chi connectivity index (χ4v) is 2.13. The molecule has 0 saturated heterocycles. The summed E-state index contributed by atoms with van der Waals surface area (Å²) in [5, 5.41) is 9.27. The molecule has 0 aliphatic carbocycles. The number of benzene rings is 1. The molecule has 1 heterocycles. The van der Waals surface area contributed by atoms with Crippen LogP contribution in [-0.2, 0) is 0 Å². The van der Waals surface area contributed by atoms with Crippen LogP contribution in [-0.4, -0.2) is 23.3 Å². The standard InChI is InChI=1S/C13H9F2N3O2S/c1-20-11-8(14)4-3-6(9(11)15)10-7(5-16)12(19)18-13(17-10)21-2/h3-4H,1-2H3,(H,17,18,19). The molecule has 1 aromatic heterocycles. The van der Waals surface area contributed by atoms with Crippen LogP contribution in [0.4, 0.5) is 8.78 Å². The number of thioether (sulfide) groups is 1. The van der Waals surface area contributed by atoms with E-state index in [4.69, 9.17) is 5.26 Å². The van der Waals surface area contributed by atoms with Crippen LogP contribution in [0.25, 0.3) is 11.3 Å². The Balaban J connectivity index is 2.82. The molecular formula is C13H9F2N3O2S. The van der Waals surface area contributed by atoms with Gasteiger partial charge in [-0.2, -0.15) is 5.26 Å². The van der Waals surface area contributed by atoms with Crippen LogP contribution in [0, 0.1) is 23.0 Å². The van der Waals surface area contributed by atoms with Crippen molar-refractivity contribution in [3.63, 3.8) is 0 Å². The monoisotopic (exact) mass is 309 g/mol. The highest BCUT2D eigenvalue weighted by atomic mass is 32.2. The summed E-state index contributed by atoms with van der Waals surface area (Å²) in [4.78, 5) is 18.2. The van der Waals surface area contributed by atoms with E-state index in [0.29, 0.717) is 0 Å². The summed E-state index contributed by atoms with van der Waals surface area (Å²) in [5.41, 5.74) is -1.36. The number of hydrogen-bond acceptors (Lipinski definition) is 5. The van der Waals surface area contributed by atoms with E-state index in [2.05, 4.69) is 14.7 Å². The van der Waals surface area contributed by atoms with Gasteiger partial charge in [0.25, 0.3) is 5.56 Å². The van der Waals surface area contributed by atoms with Crippen molar-refractivity contribution in [1.29, 1.82) is 5.26 Å². The Labute approximate surface area is 122 Å². The van der Waals surface area contributed by atoms with Gasteiger partial charge in [-0.05, 0) is 18.4 Å². The molecule has 1 aromatic carbocycles. The van der Waals surface area contributed by atoms with Crippen molar-refractivity contribution in [2.75, 3.05) is 13.4 Å². The highest BCUT2D eigenvalue weighted by Gasteiger charge is 2.21. The minimum Gasteiger partial charge on any atom is -0.491 e. The number of methoxy groups -OCH3 is 1. The van der Waals surface area contributed by atoms with Crippen LogP contribution in [0.1, 0.15) is 5.56 Å². The predicted octanol–water partition coefficient (Wildman–Crippen LogP) is 2.32. The van der Waals surface area contributed by atoms with Crippen LogP contribution in [0.5, 0.6) is 5.75 Å². The lowest BCUT2D eigenvalue weighted by Crippen LogP contribution is -2.15. The molecule has 0 unspecified atom stereocenters. The van der Waals surface area contributed by atoms with E-state index in [0.717, 1.165) is 31.0 Å². The van der Waals surface area contributed by atoms with Gasteiger partial charge in [-0.15, -0.1) is 0 Å². The average molecular weight is 309 g/mol. The average Bonchev–Trinajstić information content (AvgIpc) is 2.47. The summed E-state index contributed by atoms with van der Waals surface area (Å²) in [6.45, 7) is 0. The third-order valence-corrected chi connectivity index (χ3v) is 3.29. The lowest BCUT2D eigenvalue weighted by Gasteiger charge is -2.09. The SMILES string of the molecule is COc1c(F)ccc(-c2nc(SC)[nH]c(=O)c2C#N)c1F. The van der Waals surface area contributed by atoms with Gasteiger partial charge in [0.2, 0.25) is 0 Å². The summed E-state index contributed by atoms with van der Waals surface area (Å²) < 4.78 is 32.3. The topological polar surface area (TPSA) is 78.8 Å². The van der Waals surface area contributed by atoms with Crippen LogP contribution in [0.3, 0.4) is 0 Å². The van der Waals surface area contributed by atoms with Crippen molar-refractivity contribution in [1.82, 2.24) is 9.97 Å². The van der Waals surface area contributed by atoms with Gasteiger partial charge in [0.05, 0.1) is 12.8 Å². The molecule has 0 aliphatic rings. The number of hydrogen-bond donors (Lipinski definition) is 1. The lowest BCUT2D eigenvalue weighted by atomic mass is 10.1. The summed E-state index contributed by atoms with van der Waals surface area (Å²) in [5.74, 6) is -2.49. The minimum atomic E-state index is -1.01. The molecule has 0 aliphatic heterocycles. The molecule has 0 fully saturated rings. The maximum Gasteiger partial charge on any atom is 0.270 e. The molecule has 0 bridgehead atoms. The second kappa shape index (κ2) is 5.93. The second-order valence-electron chi connectivity index (χ2n) is 3.85. The van der Waals surface area contributed by atoms with Crippen molar-refractivity contribution >= 4 is 11.8 Å². The first kappa shape index (κ1) is 15.0. The molecule has 0 saturated carbocycles. The molecule has 108 valence electrons. The first-order valence-electron chi connectivity index (χ1n) is 5.64. The molecular weight excluding hydrogens is 300 g/mol. The van der Waals surface area contributed by atoms with E-state index in [1.54, 1.807) is 12.3 Å². The van der Waals surface area contributed by atoms with Gasteiger partial charge in [0.1, 0.15) is 11.6 Å². The summed E-state index contributed by atoms with van der Waals surface area (Å²) >= 11 is 1.13. The lowest BCUT2D eigenvalue weighted by molar-refractivity contribution is 0.360. The Bertz CT molecular complexity index is 799. The molecule has 5 nitrogen and oxygen atoms in total. The van der Waals surface area contributed by atoms with Crippen LogP contribution < -0.4 is 10.3 Å². The van der Waals surface area contributed by atoms with E-state index in [1.807, 2.05) is 0 Å². The van der Waals surface area contributed by atoms with Gasteiger partial charge in [-0.3, -0.25) is 4.79 Å². The number of rotatable bonds is 3. The zero-order valence-corrected chi connectivity index (χ0v) is 11.8. The van der Waals surface area contributed by atoms with E-state index < -0.39 is 22.9 Å².